The standard InChI is InChI=1S/C31H54O6/c1-4-6-8-10-12-14-16-18-20-22-29(33)36-28-25-35-26(3)31(27(28)24-32)37-30(34)23-21-19-17-15-13-11-9-7-5-2/h24,27-28H,4-23,25H2,1-3H3. The van der Waals surface area contributed by atoms with Crippen molar-refractivity contribution in [2.75, 3.05) is 6.61 Å². The van der Waals surface area contributed by atoms with E-state index in [1.165, 1.54) is 77.0 Å². The van der Waals surface area contributed by atoms with Crippen LogP contribution in [0.4, 0.5) is 0 Å². The van der Waals surface area contributed by atoms with Crippen molar-refractivity contribution in [1.82, 2.24) is 0 Å². The van der Waals surface area contributed by atoms with Gasteiger partial charge in [0.05, 0.1) is 0 Å². The molecular formula is C31H54O6. The van der Waals surface area contributed by atoms with Crippen LogP contribution >= 0.6 is 0 Å². The highest BCUT2D eigenvalue weighted by Crippen LogP contribution is 2.28. The molecule has 0 aromatic carbocycles. The van der Waals surface area contributed by atoms with Crippen LogP contribution in [-0.4, -0.2) is 30.9 Å². The third kappa shape index (κ3) is 15.9. The summed E-state index contributed by atoms with van der Waals surface area (Å²) in [5.41, 5.74) is 0. The van der Waals surface area contributed by atoms with E-state index in [2.05, 4.69) is 13.8 Å². The van der Waals surface area contributed by atoms with Gasteiger partial charge in [0.25, 0.3) is 0 Å². The van der Waals surface area contributed by atoms with Gasteiger partial charge in [-0.3, -0.25) is 9.59 Å². The highest BCUT2D eigenvalue weighted by molar-refractivity contribution is 5.73. The molecule has 0 aliphatic carbocycles. The summed E-state index contributed by atoms with van der Waals surface area (Å²) in [6.07, 6.45) is 21.7. The van der Waals surface area contributed by atoms with E-state index in [9.17, 15) is 14.4 Å². The van der Waals surface area contributed by atoms with Crippen molar-refractivity contribution in [2.24, 2.45) is 5.92 Å². The van der Waals surface area contributed by atoms with E-state index in [1.54, 1.807) is 6.92 Å². The SMILES string of the molecule is CCCCCCCCCCCC(=O)OC1=C(C)OCC(OC(=O)CCCCCCCCCCC)C1C=O. The first-order valence-corrected chi connectivity index (χ1v) is 15.2. The normalized spacial score (nSPS) is 17.4. The highest BCUT2D eigenvalue weighted by atomic mass is 16.6. The quantitative estimate of drug-likeness (QED) is 0.0762. The first-order chi connectivity index (χ1) is 18.0. The average Bonchev–Trinajstić information content (AvgIpc) is 2.88. The van der Waals surface area contributed by atoms with Crippen LogP contribution in [0.25, 0.3) is 0 Å². The Morgan fingerprint density at radius 2 is 1.16 bits per heavy atom. The number of ether oxygens (including phenoxy) is 3. The van der Waals surface area contributed by atoms with Crippen molar-refractivity contribution in [3.8, 4) is 0 Å². The van der Waals surface area contributed by atoms with E-state index in [4.69, 9.17) is 14.2 Å². The minimum absolute atomic E-state index is 0.0953. The lowest BCUT2D eigenvalue weighted by molar-refractivity contribution is -0.159. The van der Waals surface area contributed by atoms with Crippen molar-refractivity contribution >= 4 is 18.2 Å². The van der Waals surface area contributed by atoms with Crippen LogP contribution in [-0.2, 0) is 28.6 Å². The van der Waals surface area contributed by atoms with Crippen LogP contribution in [0.2, 0.25) is 0 Å². The molecule has 0 spiro atoms. The van der Waals surface area contributed by atoms with Crippen LogP contribution in [0.15, 0.2) is 11.5 Å². The topological polar surface area (TPSA) is 78.9 Å². The third-order valence-electron chi connectivity index (χ3n) is 7.14. The highest BCUT2D eigenvalue weighted by Gasteiger charge is 2.37. The number of unbranched alkanes of at least 4 members (excludes halogenated alkanes) is 16. The molecule has 1 rings (SSSR count). The molecule has 2 unspecified atom stereocenters. The number of hydrogen-bond donors (Lipinski definition) is 0. The Balaban J connectivity index is 2.29. The van der Waals surface area contributed by atoms with Gasteiger partial charge in [-0.1, -0.05) is 117 Å². The Kier molecular flexibility index (Phi) is 19.9. The lowest BCUT2D eigenvalue weighted by Crippen LogP contribution is -2.38. The molecule has 0 bridgehead atoms. The third-order valence-corrected chi connectivity index (χ3v) is 7.14. The van der Waals surface area contributed by atoms with Gasteiger partial charge < -0.3 is 19.0 Å². The zero-order chi connectivity index (χ0) is 27.1. The van der Waals surface area contributed by atoms with Crippen LogP contribution in [0, 0.1) is 5.92 Å². The minimum Gasteiger partial charge on any atom is -0.491 e. The largest absolute Gasteiger partial charge is 0.491 e. The molecule has 214 valence electrons. The summed E-state index contributed by atoms with van der Waals surface area (Å²) in [4.78, 5) is 36.7. The van der Waals surface area contributed by atoms with Crippen LogP contribution in [0.3, 0.4) is 0 Å². The lowest BCUT2D eigenvalue weighted by Gasteiger charge is -2.30. The van der Waals surface area contributed by atoms with Crippen molar-refractivity contribution in [1.29, 1.82) is 0 Å². The first kappa shape index (κ1) is 33.2. The molecule has 0 saturated heterocycles. The predicted octanol–water partition coefficient (Wildman–Crippen LogP) is 8.36. The fourth-order valence-electron chi connectivity index (χ4n) is 4.74. The minimum atomic E-state index is -0.812. The number of allylic oxidation sites excluding steroid dienone is 1. The van der Waals surface area contributed by atoms with Crippen LogP contribution in [0.1, 0.15) is 149 Å². The monoisotopic (exact) mass is 522 g/mol. The second-order valence-electron chi connectivity index (χ2n) is 10.6. The molecule has 1 aliphatic rings. The predicted molar refractivity (Wildman–Crippen MR) is 148 cm³/mol. The molecular weight excluding hydrogens is 468 g/mol. The smallest absolute Gasteiger partial charge is 0.311 e. The molecule has 0 amide bonds. The Labute approximate surface area is 226 Å². The van der Waals surface area contributed by atoms with E-state index in [0.29, 0.717) is 24.9 Å². The average molecular weight is 523 g/mol. The van der Waals surface area contributed by atoms with Gasteiger partial charge >= 0.3 is 11.9 Å². The summed E-state index contributed by atoms with van der Waals surface area (Å²) in [5.74, 6) is -0.919. The maximum Gasteiger partial charge on any atom is 0.311 e. The molecule has 6 heteroatoms. The molecule has 0 N–H and O–H groups in total. The summed E-state index contributed by atoms with van der Waals surface area (Å²) >= 11 is 0. The summed E-state index contributed by atoms with van der Waals surface area (Å²) < 4.78 is 16.7. The number of rotatable bonds is 23. The van der Waals surface area contributed by atoms with Crippen molar-refractivity contribution in [3.05, 3.63) is 11.5 Å². The van der Waals surface area contributed by atoms with Gasteiger partial charge in [0.1, 0.15) is 24.6 Å². The van der Waals surface area contributed by atoms with Crippen LogP contribution in [0.5, 0.6) is 0 Å². The number of aldehydes is 1. The fraction of sp³-hybridized carbons (Fsp3) is 0.839. The summed E-state index contributed by atoms with van der Waals surface area (Å²) in [6, 6.07) is 0. The van der Waals surface area contributed by atoms with Gasteiger partial charge in [0, 0.05) is 12.8 Å². The van der Waals surface area contributed by atoms with E-state index in [0.717, 1.165) is 38.5 Å². The molecule has 1 aliphatic heterocycles. The molecule has 0 aromatic heterocycles. The second kappa shape index (κ2) is 22.2. The Hall–Kier alpha value is -1.85. The molecule has 37 heavy (non-hydrogen) atoms. The summed E-state index contributed by atoms with van der Waals surface area (Å²) in [5, 5.41) is 0. The van der Waals surface area contributed by atoms with Crippen molar-refractivity contribution < 1.29 is 28.6 Å². The summed E-state index contributed by atoms with van der Waals surface area (Å²) in [7, 11) is 0. The van der Waals surface area contributed by atoms with E-state index in [-0.39, 0.29) is 24.3 Å². The van der Waals surface area contributed by atoms with Crippen molar-refractivity contribution in [3.63, 3.8) is 0 Å². The van der Waals surface area contributed by atoms with Gasteiger partial charge in [0.2, 0.25) is 0 Å². The second-order valence-corrected chi connectivity index (χ2v) is 10.6. The van der Waals surface area contributed by atoms with Gasteiger partial charge in [-0.2, -0.15) is 0 Å². The van der Waals surface area contributed by atoms with Gasteiger partial charge in [-0.05, 0) is 19.8 Å². The molecule has 0 saturated carbocycles. The first-order valence-electron chi connectivity index (χ1n) is 15.2. The number of esters is 2. The van der Waals surface area contributed by atoms with Gasteiger partial charge in [0.15, 0.2) is 11.9 Å². The van der Waals surface area contributed by atoms with Crippen LogP contribution < -0.4 is 0 Å². The molecule has 0 fully saturated rings. The molecule has 0 aromatic rings. The lowest BCUT2D eigenvalue weighted by atomic mass is 9.99. The maximum absolute atomic E-state index is 12.4. The zero-order valence-electron chi connectivity index (χ0n) is 24.0. The molecule has 6 nitrogen and oxygen atoms in total. The van der Waals surface area contributed by atoms with E-state index < -0.39 is 12.0 Å². The van der Waals surface area contributed by atoms with Gasteiger partial charge in [-0.15, -0.1) is 0 Å². The molecule has 2 atom stereocenters. The molecule has 1 heterocycles. The zero-order valence-corrected chi connectivity index (χ0v) is 24.0. The number of carbonyl (C=O) groups excluding carboxylic acids is 3. The maximum atomic E-state index is 12.4. The number of carbonyl (C=O) groups is 3. The Bertz CT molecular complexity index is 656. The van der Waals surface area contributed by atoms with Crippen molar-refractivity contribution in [2.45, 2.75) is 155 Å². The van der Waals surface area contributed by atoms with E-state index in [1.807, 2.05) is 0 Å². The van der Waals surface area contributed by atoms with E-state index >= 15 is 0 Å². The Morgan fingerprint density at radius 3 is 1.62 bits per heavy atom. The fourth-order valence-corrected chi connectivity index (χ4v) is 4.74. The summed E-state index contributed by atoms with van der Waals surface area (Å²) in [6.45, 7) is 6.22. The Morgan fingerprint density at radius 1 is 0.730 bits per heavy atom. The molecule has 0 radical (unpaired) electrons. The number of hydrogen-bond acceptors (Lipinski definition) is 6. The van der Waals surface area contributed by atoms with Gasteiger partial charge in [-0.25, -0.2) is 0 Å².